The molecule has 1 aliphatic rings. The van der Waals surface area contributed by atoms with E-state index < -0.39 is 6.16 Å². The largest absolute Gasteiger partial charge is 0.508 e. The van der Waals surface area contributed by atoms with E-state index >= 15 is 0 Å². The summed E-state index contributed by atoms with van der Waals surface area (Å²) in [6.45, 7) is 6.67. The molecule has 19 heavy (non-hydrogen) atoms. The Hall–Kier alpha value is -1.71. The molecule has 0 unspecified atom stereocenters. The molecular formula is C15H21NO3. The van der Waals surface area contributed by atoms with Crippen LogP contribution in [0.25, 0.3) is 0 Å². The molecule has 0 spiro atoms. The number of anilines is 1. The van der Waals surface area contributed by atoms with E-state index in [1.165, 1.54) is 11.3 Å². The van der Waals surface area contributed by atoms with E-state index in [9.17, 15) is 4.79 Å². The summed E-state index contributed by atoms with van der Waals surface area (Å²) in [6, 6.07) is 6.20. The fourth-order valence-corrected chi connectivity index (χ4v) is 2.53. The Labute approximate surface area is 114 Å². The number of benzene rings is 1. The second kappa shape index (κ2) is 6.45. The van der Waals surface area contributed by atoms with Crippen LogP contribution in [0.1, 0.15) is 31.4 Å². The summed E-state index contributed by atoms with van der Waals surface area (Å²) in [5, 5.41) is 0. The molecule has 1 heterocycles. The highest BCUT2D eigenvalue weighted by Crippen LogP contribution is 2.32. The van der Waals surface area contributed by atoms with Gasteiger partial charge in [-0.1, -0.05) is 25.1 Å². The Morgan fingerprint density at radius 2 is 2.16 bits per heavy atom. The molecule has 0 fully saturated rings. The highest BCUT2D eigenvalue weighted by molar-refractivity contribution is 5.64. The van der Waals surface area contributed by atoms with Gasteiger partial charge in [-0.25, -0.2) is 4.79 Å². The molecule has 0 amide bonds. The first-order valence-corrected chi connectivity index (χ1v) is 6.91. The van der Waals surface area contributed by atoms with Crippen molar-refractivity contribution in [3.63, 3.8) is 0 Å². The predicted octanol–water partition coefficient (Wildman–Crippen LogP) is 3.13. The molecular weight excluding hydrogens is 242 g/mol. The summed E-state index contributed by atoms with van der Waals surface area (Å²) in [6.07, 6.45) is 1.59. The lowest BCUT2D eigenvalue weighted by atomic mass is 10.1. The Morgan fingerprint density at radius 3 is 2.89 bits per heavy atom. The third-order valence-corrected chi connectivity index (χ3v) is 3.27. The van der Waals surface area contributed by atoms with Crippen molar-refractivity contribution >= 4 is 11.8 Å². The molecule has 0 radical (unpaired) electrons. The zero-order valence-electron chi connectivity index (χ0n) is 11.6. The number of ether oxygens (including phenoxy) is 2. The van der Waals surface area contributed by atoms with Gasteiger partial charge in [-0.2, -0.15) is 0 Å². The van der Waals surface area contributed by atoms with E-state index in [0.29, 0.717) is 6.61 Å². The van der Waals surface area contributed by atoms with Crippen molar-refractivity contribution in [1.82, 2.24) is 0 Å². The summed E-state index contributed by atoms with van der Waals surface area (Å²) >= 11 is 0. The number of nitrogens with zero attached hydrogens (tertiary/aromatic N) is 1. The molecule has 0 saturated carbocycles. The summed E-state index contributed by atoms with van der Waals surface area (Å²) in [5.74, 6) is 0. The van der Waals surface area contributed by atoms with E-state index in [1.54, 1.807) is 6.92 Å². The monoisotopic (exact) mass is 263 g/mol. The van der Waals surface area contributed by atoms with Gasteiger partial charge < -0.3 is 14.4 Å². The summed E-state index contributed by atoms with van der Waals surface area (Å²) in [5.41, 5.74) is 3.66. The number of carbonyl (C=O) groups excluding carboxylic acids is 1. The van der Waals surface area contributed by atoms with Gasteiger partial charge in [-0.3, -0.25) is 0 Å². The molecule has 4 nitrogen and oxygen atoms in total. The summed E-state index contributed by atoms with van der Waals surface area (Å²) in [4.78, 5) is 13.6. The molecule has 0 atom stereocenters. The SMILES string of the molecule is CCCN1CCc2cccc(COC(=O)OCC)c21. The van der Waals surface area contributed by atoms with Crippen molar-refractivity contribution in [1.29, 1.82) is 0 Å². The van der Waals surface area contributed by atoms with Crippen LogP contribution in [0.2, 0.25) is 0 Å². The van der Waals surface area contributed by atoms with E-state index in [1.807, 2.05) is 12.1 Å². The number of fused-ring (bicyclic) bond motifs is 1. The highest BCUT2D eigenvalue weighted by atomic mass is 16.7. The van der Waals surface area contributed by atoms with Crippen molar-refractivity contribution in [3.05, 3.63) is 29.3 Å². The third-order valence-electron chi connectivity index (χ3n) is 3.27. The first kappa shape index (κ1) is 13.7. The Morgan fingerprint density at radius 1 is 1.32 bits per heavy atom. The van der Waals surface area contributed by atoms with Gasteiger partial charge in [0, 0.05) is 24.3 Å². The zero-order chi connectivity index (χ0) is 13.7. The van der Waals surface area contributed by atoms with Gasteiger partial charge in [0.05, 0.1) is 6.61 Å². The first-order chi connectivity index (χ1) is 9.26. The van der Waals surface area contributed by atoms with Gasteiger partial charge in [0.2, 0.25) is 0 Å². The van der Waals surface area contributed by atoms with Crippen LogP contribution in [0.4, 0.5) is 10.5 Å². The van der Waals surface area contributed by atoms with Crippen LogP contribution in [0.3, 0.4) is 0 Å². The summed E-state index contributed by atoms with van der Waals surface area (Å²) in [7, 11) is 0. The molecule has 0 aliphatic carbocycles. The van der Waals surface area contributed by atoms with Crippen molar-refractivity contribution in [2.75, 3.05) is 24.6 Å². The fourth-order valence-electron chi connectivity index (χ4n) is 2.53. The number of para-hydroxylation sites is 1. The number of carbonyl (C=O) groups is 1. The van der Waals surface area contributed by atoms with E-state index in [-0.39, 0.29) is 6.61 Å². The maximum absolute atomic E-state index is 11.3. The molecule has 1 aromatic carbocycles. The van der Waals surface area contributed by atoms with Gasteiger partial charge in [0.25, 0.3) is 0 Å². The molecule has 4 heteroatoms. The first-order valence-electron chi connectivity index (χ1n) is 6.91. The Bertz CT molecular complexity index is 443. The van der Waals surface area contributed by atoms with Gasteiger partial charge in [0.1, 0.15) is 6.61 Å². The smallest absolute Gasteiger partial charge is 0.435 e. The van der Waals surface area contributed by atoms with Crippen LogP contribution in [0.5, 0.6) is 0 Å². The standard InChI is InChI=1S/C15H21NO3/c1-3-9-16-10-8-12-6-5-7-13(14(12)16)11-19-15(17)18-4-2/h5-7H,3-4,8-11H2,1-2H3. The molecule has 104 valence electrons. The molecule has 0 aromatic heterocycles. The predicted molar refractivity (Wildman–Crippen MR) is 74.5 cm³/mol. The van der Waals surface area contributed by atoms with E-state index in [4.69, 9.17) is 9.47 Å². The average molecular weight is 263 g/mol. The van der Waals surface area contributed by atoms with Crippen molar-refractivity contribution in [2.24, 2.45) is 0 Å². The lowest BCUT2D eigenvalue weighted by molar-refractivity contribution is 0.0537. The van der Waals surface area contributed by atoms with Crippen LogP contribution in [-0.2, 0) is 22.5 Å². The Kier molecular flexibility index (Phi) is 4.66. The molecule has 0 bridgehead atoms. The van der Waals surface area contributed by atoms with Crippen molar-refractivity contribution < 1.29 is 14.3 Å². The zero-order valence-corrected chi connectivity index (χ0v) is 11.6. The minimum atomic E-state index is -0.597. The maximum Gasteiger partial charge on any atom is 0.508 e. The quantitative estimate of drug-likeness (QED) is 0.765. The lowest BCUT2D eigenvalue weighted by Gasteiger charge is -2.21. The average Bonchev–Trinajstić information content (AvgIpc) is 2.81. The Balaban J connectivity index is 2.09. The molecule has 0 saturated heterocycles. The second-order valence-electron chi connectivity index (χ2n) is 4.63. The van der Waals surface area contributed by atoms with Crippen LogP contribution >= 0.6 is 0 Å². The highest BCUT2D eigenvalue weighted by Gasteiger charge is 2.21. The van der Waals surface area contributed by atoms with Crippen molar-refractivity contribution in [2.45, 2.75) is 33.3 Å². The topological polar surface area (TPSA) is 38.8 Å². The molecule has 2 rings (SSSR count). The summed E-state index contributed by atoms with van der Waals surface area (Å²) < 4.78 is 9.91. The minimum Gasteiger partial charge on any atom is -0.435 e. The van der Waals surface area contributed by atoms with Crippen LogP contribution in [0, 0.1) is 0 Å². The van der Waals surface area contributed by atoms with E-state index in [0.717, 1.165) is 31.5 Å². The molecule has 1 aromatic rings. The lowest BCUT2D eigenvalue weighted by Crippen LogP contribution is -2.22. The number of hydrogen-bond donors (Lipinski definition) is 0. The second-order valence-corrected chi connectivity index (χ2v) is 4.63. The number of rotatable bonds is 5. The molecule has 1 aliphatic heterocycles. The van der Waals surface area contributed by atoms with Crippen molar-refractivity contribution in [3.8, 4) is 0 Å². The van der Waals surface area contributed by atoms with Gasteiger partial charge in [-0.15, -0.1) is 0 Å². The fraction of sp³-hybridized carbons (Fsp3) is 0.533. The van der Waals surface area contributed by atoms with Gasteiger partial charge in [-0.05, 0) is 25.3 Å². The molecule has 0 N–H and O–H groups in total. The normalized spacial score (nSPS) is 13.3. The van der Waals surface area contributed by atoms with E-state index in [2.05, 4.69) is 17.9 Å². The van der Waals surface area contributed by atoms with Crippen LogP contribution < -0.4 is 4.90 Å². The minimum absolute atomic E-state index is 0.280. The van der Waals surface area contributed by atoms with Crippen LogP contribution in [0.15, 0.2) is 18.2 Å². The van der Waals surface area contributed by atoms with Gasteiger partial charge >= 0.3 is 6.16 Å². The number of hydrogen-bond acceptors (Lipinski definition) is 4. The van der Waals surface area contributed by atoms with Crippen LogP contribution in [-0.4, -0.2) is 25.9 Å². The maximum atomic E-state index is 11.3. The van der Waals surface area contributed by atoms with Gasteiger partial charge in [0.15, 0.2) is 0 Å². The third kappa shape index (κ3) is 3.19.